The Labute approximate surface area is 146 Å². The first-order valence-electron chi connectivity index (χ1n) is 8.44. The zero-order valence-corrected chi connectivity index (χ0v) is 14.6. The van der Waals surface area contributed by atoms with Crippen LogP contribution in [0.2, 0.25) is 0 Å². The normalized spacial score (nSPS) is 15.0. The molecule has 0 bridgehead atoms. The summed E-state index contributed by atoms with van der Waals surface area (Å²) in [5.41, 5.74) is 1.93. The second-order valence-electron chi connectivity index (χ2n) is 6.25. The molecule has 3 aromatic rings. The first-order chi connectivity index (χ1) is 12.1. The second-order valence-corrected chi connectivity index (χ2v) is 6.25. The van der Waals surface area contributed by atoms with Gasteiger partial charge in [0.05, 0.1) is 30.8 Å². The molecule has 7 heteroatoms. The highest BCUT2D eigenvalue weighted by molar-refractivity contribution is 5.86. The van der Waals surface area contributed by atoms with Crippen molar-refractivity contribution in [3.8, 4) is 11.5 Å². The quantitative estimate of drug-likeness (QED) is 0.791. The lowest BCUT2D eigenvalue weighted by molar-refractivity contribution is 0.297. The van der Waals surface area contributed by atoms with Crippen LogP contribution in [0.1, 0.15) is 30.8 Å². The van der Waals surface area contributed by atoms with Gasteiger partial charge in [-0.25, -0.2) is 9.97 Å². The van der Waals surface area contributed by atoms with Gasteiger partial charge in [0.15, 0.2) is 17.1 Å². The van der Waals surface area contributed by atoms with Gasteiger partial charge in [0.25, 0.3) is 0 Å². The van der Waals surface area contributed by atoms with Crippen molar-refractivity contribution in [1.29, 1.82) is 0 Å². The summed E-state index contributed by atoms with van der Waals surface area (Å²) in [4.78, 5) is 9.01. The van der Waals surface area contributed by atoms with Crippen LogP contribution >= 0.6 is 0 Å². The summed E-state index contributed by atoms with van der Waals surface area (Å²) in [7, 11) is 1.88. The Bertz CT molecular complexity index is 921. The fraction of sp³-hybridized carbons (Fsp3) is 0.389. The summed E-state index contributed by atoms with van der Waals surface area (Å²) in [6.07, 6.45) is 2.69. The molecule has 0 radical (unpaired) electrons. The van der Waals surface area contributed by atoms with Gasteiger partial charge >= 0.3 is 0 Å². The van der Waals surface area contributed by atoms with Crippen molar-refractivity contribution >= 4 is 16.9 Å². The van der Waals surface area contributed by atoms with E-state index in [2.05, 4.69) is 33.4 Å². The van der Waals surface area contributed by atoms with Gasteiger partial charge in [-0.1, -0.05) is 6.07 Å². The summed E-state index contributed by atoms with van der Waals surface area (Å²) < 4.78 is 13.2. The molecule has 0 amide bonds. The van der Waals surface area contributed by atoms with Crippen LogP contribution in [-0.2, 0) is 7.05 Å². The van der Waals surface area contributed by atoms with Crippen LogP contribution in [0.15, 0.2) is 24.4 Å². The Balaban J connectivity index is 1.64. The van der Waals surface area contributed by atoms with Crippen LogP contribution in [-0.4, -0.2) is 33.0 Å². The Kier molecular flexibility index (Phi) is 3.91. The monoisotopic (exact) mass is 339 g/mol. The first kappa shape index (κ1) is 15.7. The third-order valence-electron chi connectivity index (χ3n) is 4.33. The molecule has 1 atom stereocenters. The molecule has 4 rings (SSSR count). The van der Waals surface area contributed by atoms with Crippen molar-refractivity contribution in [2.45, 2.75) is 26.3 Å². The average Bonchev–Trinajstić information content (AvgIpc) is 2.82. The number of nitrogens with one attached hydrogen (secondary N) is 1. The number of benzene rings is 1. The van der Waals surface area contributed by atoms with Gasteiger partial charge in [-0.15, -0.1) is 0 Å². The summed E-state index contributed by atoms with van der Waals surface area (Å²) in [6.45, 7) is 5.35. The van der Waals surface area contributed by atoms with E-state index in [4.69, 9.17) is 9.47 Å². The number of hydrogen-bond donors (Lipinski definition) is 1. The van der Waals surface area contributed by atoms with Crippen molar-refractivity contribution in [3.05, 3.63) is 35.8 Å². The minimum Gasteiger partial charge on any atom is -0.490 e. The Hall–Kier alpha value is -2.83. The smallest absolute Gasteiger partial charge is 0.163 e. The van der Waals surface area contributed by atoms with E-state index in [1.165, 1.54) is 0 Å². The van der Waals surface area contributed by atoms with Gasteiger partial charge in [-0.05, 0) is 31.5 Å². The Morgan fingerprint density at radius 1 is 1.16 bits per heavy atom. The van der Waals surface area contributed by atoms with Crippen LogP contribution in [0, 0.1) is 6.92 Å². The number of aryl methyl sites for hydroxylation is 2. The largest absolute Gasteiger partial charge is 0.490 e. The van der Waals surface area contributed by atoms with E-state index in [1.54, 1.807) is 10.9 Å². The van der Waals surface area contributed by atoms with E-state index in [-0.39, 0.29) is 6.04 Å². The third-order valence-corrected chi connectivity index (χ3v) is 4.33. The van der Waals surface area contributed by atoms with Crippen LogP contribution < -0.4 is 14.8 Å². The number of aromatic nitrogens is 4. The second kappa shape index (κ2) is 6.23. The highest BCUT2D eigenvalue weighted by atomic mass is 16.5. The molecular formula is C18H21N5O2. The fourth-order valence-corrected chi connectivity index (χ4v) is 2.98. The molecule has 1 unspecified atom stereocenters. The molecule has 1 aromatic carbocycles. The van der Waals surface area contributed by atoms with Crippen LogP contribution in [0.25, 0.3) is 11.0 Å². The first-order valence-corrected chi connectivity index (χ1v) is 8.44. The summed E-state index contributed by atoms with van der Waals surface area (Å²) in [5.74, 6) is 3.11. The topological polar surface area (TPSA) is 74.1 Å². The van der Waals surface area contributed by atoms with Crippen molar-refractivity contribution in [3.63, 3.8) is 0 Å². The zero-order valence-electron chi connectivity index (χ0n) is 14.6. The van der Waals surface area contributed by atoms with Gasteiger partial charge < -0.3 is 14.8 Å². The molecule has 0 aliphatic carbocycles. The van der Waals surface area contributed by atoms with Gasteiger partial charge in [0.2, 0.25) is 0 Å². The van der Waals surface area contributed by atoms with Crippen molar-refractivity contribution in [2.24, 2.45) is 7.05 Å². The average molecular weight is 339 g/mol. The van der Waals surface area contributed by atoms with E-state index in [1.807, 2.05) is 26.1 Å². The number of hydrogen-bond acceptors (Lipinski definition) is 6. The predicted octanol–water partition coefficient (Wildman–Crippen LogP) is 3.01. The number of anilines is 1. The number of nitrogens with zero attached hydrogens (tertiary/aromatic N) is 4. The Morgan fingerprint density at radius 2 is 1.96 bits per heavy atom. The number of fused-ring (bicyclic) bond motifs is 2. The molecule has 2 aromatic heterocycles. The molecule has 0 saturated heterocycles. The van der Waals surface area contributed by atoms with E-state index < -0.39 is 0 Å². The minimum atomic E-state index is 0.0508. The van der Waals surface area contributed by atoms with Gasteiger partial charge in [0.1, 0.15) is 11.6 Å². The lowest BCUT2D eigenvalue weighted by Gasteiger charge is -2.17. The summed E-state index contributed by atoms with van der Waals surface area (Å²) >= 11 is 0. The molecule has 1 N–H and O–H groups in total. The maximum Gasteiger partial charge on any atom is 0.163 e. The van der Waals surface area contributed by atoms with E-state index in [0.29, 0.717) is 19.0 Å². The predicted molar refractivity (Wildman–Crippen MR) is 95.1 cm³/mol. The van der Waals surface area contributed by atoms with Crippen LogP contribution in [0.3, 0.4) is 0 Å². The molecule has 1 aliphatic heterocycles. The molecule has 25 heavy (non-hydrogen) atoms. The van der Waals surface area contributed by atoms with Crippen molar-refractivity contribution < 1.29 is 9.47 Å². The number of ether oxygens (including phenoxy) is 2. The highest BCUT2D eigenvalue weighted by Gasteiger charge is 2.16. The summed E-state index contributed by atoms with van der Waals surface area (Å²) in [6, 6.07) is 6.11. The molecule has 0 spiro atoms. The fourth-order valence-electron chi connectivity index (χ4n) is 2.98. The van der Waals surface area contributed by atoms with Gasteiger partial charge in [-0.2, -0.15) is 5.10 Å². The standard InChI is InChI=1S/C18H21N5O2/c1-11(13-5-6-15-16(9-13)25-8-4-7-24-15)20-17-14-10-19-23(3)18(14)22-12(2)21-17/h5-6,9-11H,4,7-8H2,1-3H3,(H,20,21,22). The molecule has 0 fully saturated rings. The minimum absolute atomic E-state index is 0.0508. The molecule has 3 heterocycles. The van der Waals surface area contributed by atoms with Crippen LogP contribution in [0.4, 0.5) is 5.82 Å². The highest BCUT2D eigenvalue weighted by Crippen LogP contribution is 2.33. The zero-order chi connectivity index (χ0) is 17.4. The van der Waals surface area contributed by atoms with E-state index in [9.17, 15) is 0 Å². The van der Waals surface area contributed by atoms with Crippen LogP contribution in [0.5, 0.6) is 11.5 Å². The van der Waals surface area contributed by atoms with E-state index >= 15 is 0 Å². The maximum absolute atomic E-state index is 5.79. The lowest BCUT2D eigenvalue weighted by Crippen LogP contribution is -2.10. The molecule has 1 aliphatic rings. The lowest BCUT2D eigenvalue weighted by atomic mass is 10.1. The summed E-state index contributed by atoms with van der Waals surface area (Å²) in [5, 5.41) is 8.67. The van der Waals surface area contributed by atoms with Gasteiger partial charge in [0, 0.05) is 13.5 Å². The molecule has 130 valence electrons. The van der Waals surface area contributed by atoms with Crippen molar-refractivity contribution in [1.82, 2.24) is 19.7 Å². The van der Waals surface area contributed by atoms with Crippen molar-refractivity contribution in [2.75, 3.05) is 18.5 Å². The Morgan fingerprint density at radius 3 is 2.80 bits per heavy atom. The third kappa shape index (κ3) is 2.97. The molecular weight excluding hydrogens is 318 g/mol. The van der Waals surface area contributed by atoms with Gasteiger partial charge in [-0.3, -0.25) is 4.68 Å². The van der Waals surface area contributed by atoms with E-state index in [0.717, 1.165) is 40.3 Å². The SMILES string of the molecule is Cc1nc(NC(C)c2ccc3c(c2)OCCCO3)c2cnn(C)c2n1. The maximum atomic E-state index is 5.79. The number of rotatable bonds is 3. The molecule has 7 nitrogen and oxygen atoms in total. The molecule has 0 saturated carbocycles.